The fourth-order valence-corrected chi connectivity index (χ4v) is 16.4. The predicted molar refractivity (Wildman–Crippen MR) is 345 cm³/mol. The van der Waals surface area contributed by atoms with E-state index < -0.39 is 33.0 Å². The van der Waals surface area contributed by atoms with E-state index in [1.54, 1.807) is 6.92 Å². The normalized spacial score (nSPS) is 12.2. The predicted octanol–water partition coefficient (Wildman–Crippen LogP) is 25.6. The topological polar surface area (TPSA) is 97.4 Å². The van der Waals surface area contributed by atoms with Crippen LogP contribution in [-0.2, 0) is 36.8 Å². The van der Waals surface area contributed by atoms with Gasteiger partial charge in [-0.3, -0.25) is 13.9 Å². The van der Waals surface area contributed by atoms with Gasteiger partial charge in [0.15, 0.2) is 5.40 Å². The maximum absolute atomic E-state index is 15.5. The molecule has 0 heterocycles. The van der Waals surface area contributed by atoms with Crippen LogP contribution >= 0.6 is 15.2 Å². The summed E-state index contributed by atoms with van der Waals surface area (Å²) in [6, 6.07) is 0. The monoisotopic (exact) mass is 1160 g/mol. The fourth-order valence-electron chi connectivity index (χ4n) is 11.1. The summed E-state index contributed by atoms with van der Waals surface area (Å²) in [5.74, 6) is -0.576. The number of hydrogen-bond donors (Lipinski definition) is 0. The average Bonchev–Trinajstić information content (AvgIpc) is 3.51. The maximum Gasteiger partial charge on any atom is 0.346 e. The van der Waals surface area contributed by atoms with Crippen molar-refractivity contribution in [3.8, 4) is 0 Å². The molecule has 0 aromatic carbocycles. The molecule has 0 fully saturated rings. The number of carbonyl (C=O) groups is 1. The van der Waals surface area contributed by atoms with Crippen molar-refractivity contribution in [3.05, 3.63) is 0 Å². The van der Waals surface area contributed by atoms with Crippen molar-refractivity contribution in [2.24, 2.45) is 0 Å². The minimum absolute atomic E-state index is 0.166. The first-order valence-corrected chi connectivity index (χ1v) is 39.0. The molecule has 0 N–H and O–H groups in total. The molecule has 79 heavy (non-hydrogen) atoms. The van der Waals surface area contributed by atoms with Gasteiger partial charge in [0, 0.05) is 0 Å². The van der Waals surface area contributed by atoms with E-state index in [0.29, 0.717) is 0 Å². The second-order valence-corrected chi connectivity index (χ2v) is 29.1. The van der Waals surface area contributed by atoms with Gasteiger partial charge in [0.1, 0.15) is 0 Å². The van der Waals surface area contributed by atoms with E-state index in [9.17, 15) is 4.79 Å². The fraction of sp³-hybridized carbons (Fsp3) is 0.986. The van der Waals surface area contributed by atoms with Gasteiger partial charge >= 0.3 is 21.2 Å². The number of carbonyl (C=O) groups excluding carboxylic acids is 1. The Morgan fingerprint density at radius 3 is 0.557 bits per heavy atom. The smallest absolute Gasteiger partial charge is 0.346 e. The summed E-state index contributed by atoms with van der Waals surface area (Å²) in [5, 5.41) is -1.38. The number of hydrogen-bond acceptors (Lipinski definition) is 8. The van der Waals surface area contributed by atoms with Gasteiger partial charge in [0.25, 0.3) is 0 Å². The molecular formula is C69H140O8P2. The second-order valence-electron chi connectivity index (χ2n) is 24.3. The largest absolute Gasteiger partial charge is 0.466 e. The zero-order valence-corrected chi connectivity index (χ0v) is 55.9. The summed E-state index contributed by atoms with van der Waals surface area (Å²) in [4.78, 5) is 13.5. The molecule has 8 nitrogen and oxygen atoms in total. The van der Waals surface area contributed by atoms with Gasteiger partial charge in [-0.25, -0.2) is 0 Å². The molecule has 474 valence electrons. The number of esters is 1. The lowest BCUT2D eigenvalue weighted by atomic mass is 10.0. The van der Waals surface area contributed by atoms with E-state index >= 15 is 9.13 Å². The summed E-state index contributed by atoms with van der Waals surface area (Å²) in [6.45, 7) is 11.9. The summed E-state index contributed by atoms with van der Waals surface area (Å²) in [5.41, 5.74) is 0. The zero-order valence-electron chi connectivity index (χ0n) is 54.1. The van der Waals surface area contributed by atoms with Gasteiger partial charge in [-0.15, -0.1) is 0 Å². The first-order chi connectivity index (χ1) is 38.8. The Kier molecular flexibility index (Phi) is 63.6. The molecule has 0 aliphatic carbocycles. The molecule has 0 rings (SSSR count). The van der Waals surface area contributed by atoms with Crippen LogP contribution in [0.25, 0.3) is 0 Å². The number of rotatable bonds is 69. The number of ether oxygens (including phenoxy) is 1. The maximum atomic E-state index is 15.5. The molecule has 0 bridgehead atoms. The van der Waals surface area contributed by atoms with Crippen molar-refractivity contribution in [2.45, 2.75) is 406 Å². The summed E-state index contributed by atoms with van der Waals surface area (Å²) in [6.07, 6.45) is 69.0. The molecule has 10 heteroatoms. The highest BCUT2D eigenvalue weighted by atomic mass is 31.2. The lowest BCUT2D eigenvalue weighted by Gasteiger charge is -2.32. The van der Waals surface area contributed by atoms with Crippen LogP contribution in [0.1, 0.15) is 401 Å². The Morgan fingerprint density at radius 2 is 0.405 bits per heavy atom. The van der Waals surface area contributed by atoms with Gasteiger partial charge in [-0.2, -0.15) is 0 Å². The molecule has 0 amide bonds. The molecule has 0 spiro atoms. The van der Waals surface area contributed by atoms with Crippen LogP contribution < -0.4 is 0 Å². The quantitative estimate of drug-likeness (QED) is 0.0338. The van der Waals surface area contributed by atoms with Crippen molar-refractivity contribution in [2.75, 3.05) is 33.0 Å². The average molecular weight is 1160 g/mol. The van der Waals surface area contributed by atoms with Crippen LogP contribution in [0, 0.1) is 0 Å². The van der Waals surface area contributed by atoms with Gasteiger partial charge in [-0.1, -0.05) is 362 Å². The van der Waals surface area contributed by atoms with E-state index in [0.717, 1.165) is 77.0 Å². The van der Waals surface area contributed by atoms with Crippen LogP contribution in [0.3, 0.4) is 0 Å². The third kappa shape index (κ3) is 54.2. The molecule has 0 saturated heterocycles. The molecular weight excluding hydrogens is 1020 g/mol. The molecule has 0 aromatic heterocycles. The van der Waals surface area contributed by atoms with Crippen molar-refractivity contribution < 1.29 is 36.8 Å². The van der Waals surface area contributed by atoms with E-state index in [4.69, 9.17) is 22.8 Å². The minimum Gasteiger partial charge on any atom is -0.466 e. The standard InChI is InChI=1S/C69H140O8P2/c1-6-11-15-19-23-27-31-35-39-43-47-51-55-59-63-74-78(71,75-64-60-56-52-48-44-40-36-32-28-24-20-16-12-7-2)69(67-68(70)73-10-5)79(72,76-65-61-57-53-49-45-41-37-33-29-25-21-17-13-8-3)77-66-62-58-54-50-46-42-38-34-30-26-22-18-14-9-4/h69H,6-67H2,1-5H3. The highest BCUT2D eigenvalue weighted by molar-refractivity contribution is 7.72. The van der Waals surface area contributed by atoms with Gasteiger partial charge < -0.3 is 22.8 Å². The van der Waals surface area contributed by atoms with E-state index in [-0.39, 0.29) is 33.0 Å². The Bertz CT molecular complexity index is 1140. The van der Waals surface area contributed by atoms with Crippen molar-refractivity contribution in [3.63, 3.8) is 0 Å². The van der Waals surface area contributed by atoms with E-state index in [2.05, 4.69) is 27.7 Å². The van der Waals surface area contributed by atoms with Crippen molar-refractivity contribution in [1.82, 2.24) is 0 Å². The molecule has 0 saturated carbocycles. The Morgan fingerprint density at radius 1 is 0.253 bits per heavy atom. The second kappa shape index (κ2) is 63.8. The lowest BCUT2D eigenvalue weighted by Crippen LogP contribution is -2.23. The highest BCUT2D eigenvalue weighted by Gasteiger charge is 2.52. The van der Waals surface area contributed by atoms with E-state index in [1.165, 1.54) is 283 Å². The molecule has 0 aliphatic rings. The van der Waals surface area contributed by atoms with Crippen LogP contribution in [0.15, 0.2) is 0 Å². The van der Waals surface area contributed by atoms with Crippen LogP contribution in [0.4, 0.5) is 0 Å². The summed E-state index contributed by atoms with van der Waals surface area (Å²) in [7, 11) is -8.39. The molecule has 0 aliphatic heterocycles. The SMILES string of the molecule is CCCCCCCCCCCCCCCCOP(=O)(OCCCCCCCCCCCCCCCC)C(CC(=O)OCC)P(=O)(OCCCCCCCCCCCCCCCC)OCCCCCCCCCCCCCCCC. The molecule has 0 radical (unpaired) electrons. The Labute approximate surface area is 494 Å². The zero-order chi connectivity index (χ0) is 57.5. The highest BCUT2D eigenvalue weighted by Crippen LogP contribution is 2.72. The molecule has 0 aromatic rings. The minimum atomic E-state index is -4.20. The van der Waals surface area contributed by atoms with E-state index in [1.807, 2.05) is 0 Å². The molecule has 0 unspecified atom stereocenters. The van der Waals surface area contributed by atoms with Gasteiger partial charge in [0.2, 0.25) is 0 Å². The Balaban J connectivity index is 5.78. The van der Waals surface area contributed by atoms with Gasteiger partial charge in [-0.05, 0) is 32.6 Å². The first-order valence-electron chi connectivity index (χ1n) is 35.8. The third-order valence-electron chi connectivity index (χ3n) is 16.5. The van der Waals surface area contributed by atoms with Crippen molar-refractivity contribution in [1.29, 1.82) is 0 Å². The Hall–Kier alpha value is -0.230. The van der Waals surface area contributed by atoms with Crippen LogP contribution in [0.5, 0.6) is 0 Å². The summed E-state index contributed by atoms with van der Waals surface area (Å²) >= 11 is 0. The molecule has 0 atom stereocenters. The van der Waals surface area contributed by atoms with Crippen LogP contribution in [0.2, 0.25) is 0 Å². The van der Waals surface area contributed by atoms with Crippen LogP contribution in [-0.4, -0.2) is 44.4 Å². The first kappa shape index (κ1) is 78.8. The van der Waals surface area contributed by atoms with Gasteiger partial charge in [0.05, 0.1) is 39.5 Å². The summed E-state index contributed by atoms with van der Waals surface area (Å²) < 4.78 is 62.1. The van der Waals surface area contributed by atoms with Crippen molar-refractivity contribution >= 4 is 21.2 Å². The number of unbranched alkanes of at least 4 members (excludes halogenated alkanes) is 52. The third-order valence-corrected chi connectivity index (χ3v) is 22.2. The lowest BCUT2D eigenvalue weighted by molar-refractivity contribution is -0.143.